The molecule has 26 fully saturated rings. The number of hydrogen-bond donors (Lipinski definition) is 2. The molecule has 24 heterocycles. The number of nitrogens with zero attached hydrogens (tertiary/aromatic N) is 6. The molecule has 0 spiro atoms. The fraction of sp³-hybridized carbons (Fsp3) is 1.00. The Kier molecular flexibility index (Phi) is 35.2. The molecule has 2 aliphatic carbocycles. The smallest absolute Gasteiger partial charge is 0.220 e. The van der Waals surface area contributed by atoms with Gasteiger partial charge in [0.05, 0.1) is 143 Å². The summed E-state index contributed by atoms with van der Waals surface area (Å²) in [6.07, 6.45) is 15.5. The molecule has 24 aliphatic heterocycles. The Hall–Kier alpha value is 6.04. The van der Waals surface area contributed by atoms with Gasteiger partial charge in [-0.3, -0.25) is 0 Å². The van der Waals surface area contributed by atoms with Gasteiger partial charge in [0.2, 0.25) is 80.2 Å². The normalized spacial score (nSPS) is 48.7. The molecular weight excluding hydrogens is 2990 g/mol. The second-order valence-corrected chi connectivity index (χ2v) is 80.4. The lowest BCUT2D eigenvalue weighted by molar-refractivity contribution is -0.0209. The van der Waals surface area contributed by atoms with Crippen LogP contribution < -0.4 is 9.44 Å². The van der Waals surface area contributed by atoms with Gasteiger partial charge in [-0.05, 0) is 174 Å². The highest BCUT2D eigenvalue weighted by atomic mass is 127. The van der Waals surface area contributed by atoms with Crippen LogP contribution in [0, 0.1) is 0 Å². The van der Waals surface area contributed by atoms with Gasteiger partial charge in [0.15, 0.2) is 0 Å². The molecule has 16 bridgehead atoms. The molecule has 36 nitrogen and oxygen atoms in total. The number of fused-ring (bicyclic) bond motifs is 8. The van der Waals surface area contributed by atoms with Gasteiger partial charge in [-0.1, -0.05) is 219 Å². The fourth-order valence-corrected chi connectivity index (χ4v) is 59.7. The maximum Gasteiger partial charge on any atom is 0.220 e. The van der Waals surface area contributed by atoms with Crippen LogP contribution >= 0.6 is 228 Å². The lowest BCUT2D eigenvalue weighted by Crippen LogP contribution is -2.53. The minimum Gasteiger partial charge on any atom is -0.369 e. The predicted molar refractivity (Wildman–Crippen MR) is 613 cm³/mol. The second kappa shape index (κ2) is 43.0. The van der Waals surface area contributed by atoms with Crippen molar-refractivity contribution in [1.82, 2.24) is 35.3 Å². The summed E-state index contributed by atoms with van der Waals surface area (Å²) < 4.78 is 285. The summed E-state index contributed by atoms with van der Waals surface area (Å²) in [6.45, 7) is 27.7. The van der Waals surface area contributed by atoms with Crippen LogP contribution in [-0.2, 0) is 137 Å². The summed E-state index contributed by atoms with van der Waals surface area (Å²) in [4.78, 5) is 0. The van der Waals surface area contributed by atoms with Gasteiger partial charge in [0.25, 0.3) is 0 Å². The van der Waals surface area contributed by atoms with E-state index in [2.05, 4.69) is 190 Å². The van der Waals surface area contributed by atoms with Crippen LogP contribution in [0.15, 0.2) is 0 Å². The molecule has 48 atom stereocenters. The number of rotatable bonds is 18. The molecule has 2 saturated carbocycles. The molecule has 26 aliphatic rings. The number of thioether (sulfide) groups is 4. The van der Waals surface area contributed by atoms with Gasteiger partial charge in [0.1, 0.15) is 78.3 Å². The zero-order valence-electron chi connectivity index (χ0n) is 81.6. The highest BCUT2D eigenvalue weighted by Crippen LogP contribution is 2.64. The molecule has 24 saturated heterocycles. The van der Waals surface area contributed by atoms with Gasteiger partial charge in [-0.25, -0.2) is 76.8 Å². The van der Waals surface area contributed by atoms with E-state index in [0.29, 0.717) is 46.7 Å². The molecule has 816 valence electrons. The Morgan fingerprint density at radius 2 is 0.577 bits per heavy atom. The van der Waals surface area contributed by atoms with Crippen LogP contribution in [-0.4, -0.2) is 393 Å². The third-order valence-corrected chi connectivity index (χ3v) is 61.4. The van der Waals surface area contributed by atoms with Gasteiger partial charge in [-0.15, -0.1) is 47.0 Å². The zero-order chi connectivity index (χ0) is 103. The number of nitrogens with one attached hydrogen (secondary N) is 2. The van der Waals surface area contributed by atoms with E-state index in [1.54, 1.807) is 38.8 Å². The Bertz CT molecular complexity index is 5290. The fourth-order valence-electron chi connectivity index (χ4n) is 28.6. The van der Waals surface area contributed by atoms with E-state index in [-0.39, 0.29) is 260 Å². The van der Waals surface area contributed by atoms with Crippen LogP contribution in [0.2, 0.25) is 0 Å². The molecule has 26 rings (SSSR count). The third kappa shape index (κ3) is 20.8. The third-order valence-electron chi connectivity index (χ3n) is 33.2. The van der Waals surface area contributed by atoms with E-state index in [4.69, 9.17) is 56.8 Å². The molecular formula is C86H136I8N8O28S12. The minimum absolute atomic E-state index is 0.0148. The molecule has 0 amide bonds. The van der Waals surface area contributed by atoms with Crippen molar-refractivity contribution in [1.29, 1.82) is 0 Å². The molecule has 0 aromatic carbocycles. The average Bonchev–Trinajstić information content (AvgIpc) is 1.50. The maximum absolute atomic E-state index is 13.0. The molecule has 0 aromatic heterocycles. The Balaban J connectivity index is 0.000000103. The highest BCUT2D eigenvalue weighted by Gasteiger charge is 2.77. The van der Waals surface area contributed by atoms with E-state index in [1.165, 1.54) is 30.0 Å². The summed E-state index contributed by atoms with van der Waals surface area (Å²) in [5.41, 5.74) is -0.804. The van der Waals surface area contributed by atoms with Crippen LogP contribution in [0.5, 0.6) is 0 Å². The van der Waals surface area contributed by atoms with Crippen molar-refractivity contribution in [3.63, 3.8) is 0 Å². The molecule has 0 radical (unpaired) electrons. The van der Waals surface area contributed by atoms with Crippen LogP contribution in [0.1, 0.15) is 213 Å². The van der Waals surface area contributed by atoms with Crippen molar-refractivity contribution >= 4 is 308 Å². The second-order valence-electron chi connectivity index (χ2n) is 44.3. The minimum atomic E-state index is -3.27. The largest absolute Gasteiger partial charge is 0.369 e. The first kappa shape index (κ1) is 116. The Morgan fingerprint density at radius 3 is 1.06 bits per heavy atom. The molecule has 56 heteroatoms. The Morgan fingerprint density at radius 1 is 0.289 bits per heavy atom. The lowest BCUT2D eigenvalue weighted by Gasteiger charge is -2.37. The zero-order valence-corrected chi connectivity index (χ0v) is 109. The van der Waals surface area contributed by atoms with Gasteiger partial charge in [0, 0.05) is 79.3 Å². The summed E-state index contributed by atoms with van der Waals surface area (Å²) in [6, 6.07) is 0.0653. The van der Waals surface area contributed by atoms with E-state index < -0.39 is 85.7 Å². The van der Waals surface area contributed by atoms with Crippen molar-refractivity contribution < 1.29 is 124 Å². The monoisotopic (exact) mass is 3130 g/mol. The number of hydrogen-bond acceptors (Lipinski definition) is 32. The van der Waals surface area contributed by atoms with Crippen LogP contribution in [0.3, 0.4) is 0 Å². The molecule has 2 N–H and O–H groups in total. The topological polar surface area (TPSA) is 427 Å². The average molecular weight is 3130 g/mol. The summed E-state index contributed by atoms with van der Waals surface area (Å²) in [5, 5.41) is 0.368. The van der Waals surface area contributed by atoms with E-state index in [9.17, 15) is 67.3 Å². The summed E-state index contributed by atoms with van der Waals surface area (Å²) in [5.74, 6) is 0. The quantitative estimate of drug-likeness (QED) is 0.0950. The molecule has 0 aromatic rings. The van der Waals surface area contributed by atoms with Gasteiger partial charge in [-0.2, -0.15) is 25.8 Å². The number of likely N-dealkylation sites (N-methyl/N-ethyl adjacent to an activating group) is 2. The van der Waals surface area contributed by atoms with Crippen LogP contribution in [0.25, 0.3) is 0 Å². The number of halogens is 8. The number of sulfonamides is 8. The lowest BCUT2D eigenvalue weighted by atomic mass is 9.89. The first-order valence-electron chi connectivity index (χ1n) is 49.8. The standard InChI is InChI=1S/C14H22INO4S.C14H22INO3S2.C12H20INO4S.C12H20INO3S2.C9H14INO4S.C9H14INO3S2.C8H12INO4S.C8H12INO3S2/c2*1-8(15)19-13-10-7-11-14(20-10)12(13)16(21(11,17)18)9-5-3-2-4-6-9;2*1-6(13)17-10-7-5-8-11(18-7)9(10)14(12(2,3)4)19(8,15)16;2*1-4(10)14-8-5-3-6-9(15-5)7(8)11(2)16(6,12)13;2*1-3(9)13-7-4-2-5-8(14-4)6(7)10-15(5,11)12/h2*8-14H,2-7H2,1H3;2*6-11H,5H2,1-4H3;2*4-9H,3H2,1-2H3;2*3-8,10H,2H2,1H3. The Labute approximate surface area is 966 Å². The van der Waals surface area contributed by atoms with Crippen molar-refractivity contribution in [3.05, 3.63) is 0 Å². The SMILES string of the molecule is CC(I)OC1C2CC3C(O2)C1N(C(C)(C)C)S3(=O)=O.CC(I)OC1C2CC3C(O2)C1N(C)S3(=O)=O.CC(I)OC1C2CC3C(O2)C1N(C1CCCCC1)S3(=O)=O.CC(I)OC1C2CC3C(O2)C1NS3(=O)=O.CC(I)OC1C2CC3C(S2)C1N(C(C)(C)C)S3(=O)=O.CC(I)OC1C2CC3C(S2)C1N(C)S3(=O)=O.CC(I)OC1C2CC3C(S2)C1N(C1CCCCC1)S3(=O)=O.CC(I)OC1C2CC3C(S2)C1NS3(=O)=O. The number of ether oxygens (including phenoxy) is 12. The van der Waals surface area contributed by atoms with Gasteiger partial charge < -0.3 is 56.8 Å². The van der Waals surface area contributed by atoms with Crippen molar-refractivity contribution in [3.8, 4) is 0 Å². The van der Waals surface area contributed by atoms with Crippen LogP contribution in [0.4, 0.5) is 0 Å². The van der Waals surface area contributed by atoms with E-state index in [0.717, 1.165) is 64.2 Å². The first-order valence-corrected chi connectivity index (χ1v) is 75.6. The summed E-state index contributed by atoms with van der Waals surface area (Å²) >= 11 is 25.1. The molecule has 142 heavy (non-hydrogen) atoms. The van der Waals surface area contributed by atoms with E-state index >= 15 is 0 Å². The van der Waals surface area contributed by atoms with E-state index in [1.807, 2.05) is 141 Å². The van der Waals surface area contributed by atoms with Crippen molar-refractivity contribution in [2.45, 2.75) is 499 Å². The predicted octanol–water partition coefficient (Wildman–Crippen LogP) is 10.6. The van der Waals surface area contributed by atoms with Gasteiger partial charge >= 0.3 is 0 Å². The molecule has 48 unspecified atom stereocenters. The van der Waals surface area contributed by atoms with Crippen molar-refractivity contribution in [2.75, 3.05) is 14.1 Å². The number of alkyl halides is 8. The van der Waals surface area contributed by atoms with Crippen molar-refractivity contribution in [2.24, 2.45) is 0 Å². The maximum atomic E-state index is 13.0. The first-order chi connectivity index (χ1) is 66.1. The highest BCUT2D eigenvalue weighted by molar-refractivity contribution is 14.1. The summed E-state index contributed by atoms with van der Waals surface area (Å²) in [7, 11) is -21.8.